The first kappa shape index (κ1) is 12.8. The first-order chi connectivity index (χ1) is 9.09. The van der Waals surface area contributed by atoms with Crippen LogP contribution in [0.25, 0.3) is 0 Å². The average molecular weight is 257 g/mol. The summed E-state index contributed by atoms with van der Waals surface area (Å²) in [6, 6.07) is 9.18. The maximum atomic E-state index is 10.8. The molecule has 0 saturated heterocycles. The molecule has 0 aliphatic heterocycles. The standard InChI is InChI=1S/C13H11N3O3/c1-10(17)15-12(14-9-13(15)16(18)19)8-7-11-5-3-2-4-6-11/h2-6,9-10,17H,1H3. The fourth-order valence-corrected chi connectivity index (χ4v) is 1.60. The number of aliphatic hydroxyl groups is 1. The van der Waals surface area contributed by atoms with E-state index in [1.54, 1.807) is 0 Å². The molecule has 6 heteroatoms. The Morgan fingerprint density at radius 3 is 2.63 bits per heavy atom. The molecule has 0 aliphatic rings. The molecule has 6 nitrogen and oxygen atoms in total. The average Bonchev–Trinajstić information content (AvgIpc) is 2.81. The van der Waals surface area contributed by atoms with Crippen molar-refractivity contribution in [2.24, 2.45) is 0 Å². The molecule has 1 unspecified atom stereocenters. The number of imidazole rings is 1. The maximum absolute atomic E-state index is 10.8. The molecule has 1 atom stereocenters. The van der Waals surface area contributed by atoms with Crippen molar-refractivity contribution in [1.29, 1.82) is 0 Å². The minimum Gasteiger partial charge on any atom is -0.358 e. The lowest BCUT2D eigenvalue weighted by Crippen LogP contribution is -2.09. The highest BCUT2D eigenvalue weighted by molar-refractivity contribution is 5.40. The summed E-state index contributed by atoms with van der Waals surface area (Å²) in [5.41, 5.74) is 0.769. The van der Waals surface area contributed by atoms with Gasteiger partial charge in [0.15, 0.2) is 6.23 Å². The van der Waals surface area contributed by atoms with Crippen LogP contribution in [0, 0.1) is 22.0 Å². The molecule has 96 valence electrons. The summed E-state index contributed by atoms with van der Waals surface area (Å²) in [6.07, 6.45) is 0.0184. The zero-order valence-electron chi connectivity index (χ0n) is 10.1. The number of hydrogen-bond donors (Lipinski definition) is 1. The van der Waals surface area contributed by atoms with Gasteiger partial charge < -0.3 is 15.2 Å². The molecule has 0 fully saturated rings. The van der Waals surface area contributed by atoms with Crippen LogP contribution in [0.2, 0.25) is 0 Å². The van der Waals surface area contributed by atoms with E-state index < -0.39 is 11.2 Å². The van der Waals surface area contributed by atoms with E-state index in [-0.39, 0.29) is 11.6 Å². The second kappa shape index (κ2) is 5.33. The van der Waals surface area contributed by atoms with Gasteiger partial charge in [-0.25, -0.2) is 4.98 Å². The molecule has 0 amide bonds. The number of aliphatic hydroxyl groups excluding tert-OH is 1. The molecule has 19 heavy (non-hydrogen) atoms. The third-order valence-corrected chi connectivity index (χ3v) is 2.43. The second-order valence-corrected chi connectivity index (χ2v) is 3.82. The SMILES string of the molecule is CC(O)n1c([N+](=O)[O-])cnc1C#Cc1ccccc1. The largest absolute Gasteiger partial charge is 0.358 e. The Hall–Kier alpha value is -2.65. The molecule has 0 radical (unpaired) electrons. The molecular formula is C13H11N3O3. The van der Waals surface area contributed by atoms with E-state index in [2.05, 4.69) is 16.8 Å². The summed E-state index contributed by atoms with van der Waals surface area (Å²) in [5, 5.41) is 20.4. The normalized spacial score (nSPS) is 11.5. The van der Waals surface area contributed by atoms with Gasteiger partial charge in [-0.05, 0) is 17.1 Å². The van der Waals surface area contributed by atoms with Gasteiger partial charge in [0, 0.05) is 18.4 Å². The van der Waals surface area contributed by atoms with Crippen molar-refractivity contribution in [1.82, 2.24) is 9.55 Å². The van der Waals surface area contributed by atoms with Gasteiger partial charge in [0.05, 0.1) is 0 Å². The van der Waals surface area contributed by atoms with E-state index >= 15 is 0 Å². The summed E-state index contributed by atoms with van der Waals surface area (Å²) in [4.78, 5) is 14.1. The number of hydrogen-bond acceptors (Lipinski definition) is 4. The zero-order chi connectivity index (χ0) is 13.8. The third kappa shape index (κ3) is 2.78. The second-order valence-electron chi connectivity index (χ2n) is 3.82. The number of rotatable bonds is 2. The van der Waals surface area contributed by atoms with E-state index in [0.717, 1.165) is 16.3 Å². The highest BCUT2D eigenvalue weighted by Crippen LogP contribution is 2.18. The Labute approximate surface area is 109 Å². The molecule has 1 aromatic carbocycles. The Balaban J connectivity index is 2.42. The highest BCUT2D eigenvalue weighted by atomic mass is 16.6. The van der Waals surface area contributed by atoms with Crippen molar-refractivity contribution in [3.63, 3.8) is 0 Å². The summed E-state index contributed by atoms with van der Waals surface area (Å²) in [5.74, 6) is 5.44. The van der Waals surface area contributed by atoms with E-state index in [0.29, 0.717) is 0 Å². The Morgan fingerprint density at radius 2 is 2.05 bits per heavy atom. The van der Waals surface area contributed by atoms with Crippen LogP contribution in [0.3, 0.4) is 0 Å². The van der Waals surface area contributed by atoms with E-state index in [1.165, 1.54) is 6.92 Å². The zero-order valence-corrected chi connectivity index (χ0v) is 10.1. The van der Waals surface area contributed by atoms with Crippen molar-refractivity contribution in [3.05, 3.63) is 58.0 Å². The van der Waals surface area contributed by atoms with E-state index in [9.17, 15) is 15.2 Å². The lowest BCUT2D eigenvalue weighted by Gasteiger charge is -2.03. The molecule has 0 aliphatic carbocycles. The highest BCUT2D eigenvalue weighted by Gasteiger charge is 2.22. The molecule has 2 rings (SSSR count). The Bertz CT molecular complexity index is 651. The summed E-state index contributed by atoms with van der Waals surface area (Å²) in [6.45, 7) is 1.42. The smallest absolute Gasteiger partial charge is 0.345 e. The van der Waals surface area contributed by atoms with Crippen molar-refractivity contribution >= 4 is 5.82 Å². The van der Waals surface area contributed by atoms with Gasteiger partial charge >= 0.3 is 5.82 Å². The monoisotopic (exact) mass is 257 g/mol. The van der Waals surface area contributed by atoms with Crippen LogP contribution >= 0.6 is 0 Å². The van der Waals surface area contributed by atoms with Crippen molar-refractivity contribution < 1.29 is 10.0 Å². The Morgan fingerprint density at radius 1 is 1.37 bits per heavy atom. The molecule has 0 bridgehead atoms. The van der Waals surface area contributed by atoms with Crippen LogP contribution in [0.4, 0.5) is 5.82 Å². The van der Waals surface area contributed by atoms with E-state index in [4.69, 9.17) is 0 Å². The number of nitro groups is 1. The van der Waals surface area contributed by atoms with E-state index in [1.807, 2.05) is 30.3 Å². The van der Waals surface area contributed by atoms with Crippen molar-refractivity contribution in [3.8, 4) is 11.8 Å². The van der Waals surface area contributed by atoms with Crippen molar-refractivity contribution in [2.45, 2.75) is 13.2 Å². The molecule has 1 N–H and O–H groups in total. The van der Waals surface area contributed by atoms with Crippen LogP contribution in [-0.2, 0) is 0 Å². The van der Waals surface area contributed by atoms with Gasteiger partial charge in [0.1, 0.15) is 6.20 Å². The van der Waals surface area contributed by atoms with Crippen LogP contribution in [0.1, 0.15) is 24.5 Å². The van der Waals surface area contributed by atoms with Gasteiger partial charge in [-0.3, -0.25) is 0 Å². The van der Waals surface area contributed by atoms with Crippen molar-refractivity contribution in [2.75, 3.05) is 0 Å². The molecule has 0 saturated carbocycles. The predicted molar refractivity (Wildman–Crippen MR) is 68.2 cm³/mol. The van der Waals surface area contributed by atoms with Gasteiger partial charge in [0.25, 0.3) is 5.82 Å². The quantitative estimate of drug-likeness (QED) is 0.504. The molecule has 0 spiro atoms. The van der Waals surface area contributed by atoms with Crippen LogP contribution in [-0.4, -0.2) is 19.6 Å². The van der Waals surface area contributed by atoms with Crippen LogP contribution in [0.5, 0.6) is 0 Å². The van der Waals surface area contributed by atoms with Crippen LogP contribution in [0.15, 0.2) is 36.5 Å². The first-order valence-corrected chi connectivity index (χ1v) is 5.56. The first-order valence-electron chi connectivity index (χ1n) is 5.56. The van der Waals surface area contributed by atoms with Gasteiger partial charge in [0.2, 0.25) is 0 Å². The molecule has 2 aromatic rings. The lowest BCUT2D eigenvalue weighted by atomic mass is 10.2. The molecule has 1 heterocycles. The third-order valence-electron chi connectivity index (χ3n) is 2.43. The maximum Gasteiger partial charge on any atom is 0.345 e. The Kier molecular flexibility index (Phi) is 3.59. The van der Waals surface area contributed by atoms with Crippen LogP contribution < -0.4 is 0 Å². The number of benzene rings is 1. The minimum absolute atomic E-state index is 0.158. The summed E-state index contributed by atoms with van der Waals surface area (Å²) >= 11 is 0. The fraction of sp³-hybridized carbons (Fsp3) is 0.154. The lowest BCUT2D eigenvalue weighted by molar-refractivity contribution is -0.393. The summed E-state index contributed by atoms with van der Waals surface area (Å²) in [7, 11) is 0. The fourth-order valence-electron chi connectivity index (χ4n) is 1.60. The molecule has 1 aromatic heterocycles. The minimum atomic E-state index is -1.07. The van der Waals surface area contributed by atoms with Gasteiger partial charge in [-0.15, -0.1) is 0 Å². The summed E-state index contributed by atoms with van der Waals surface area (Å²) < 4.78 is 1.08. The predicted octanol–water partition coefficient (Wildman–Crippen LogP) is 1.70. The molecular weight excluding hydrogens is 246 g/mol. The van der Waals surface area contributed by atoms with Gasteiger partial charge in [-0.2, -0.15) is 4.57 Å². The number of nitrogens with zero attached hydrogens (tertiary/aromatic N) is 3. The topological polar surface area (TPSA) is 81.2 Å². The van der Waals surface area contributed by atoms with Gasteiger partial charge in [-0.1, -0.05) is 24.1 Å². The number of aromatic nitrogens is 2.